The molecule has 2 aromatic rings. The van der Waals surface area contributed by atoms with E-state index in [1.165, 1.54) is 14.0 Å². The van der Waals surface area contributed by atoms with Crippen molar-refractivity contribution in [3.63, 3.8) is 0 Å². The summed E-state index contributed by atoms with van der Waals surface area (Å²) < 4.78 is 44.3. The van der Waals surface area contributed by atoms with Crippen molar-refractivity contribution in [1.82, 2.24) is 9.55 Å². The van der Waals surface area contributed by atoms with Crippen LogP contribution in [0.5, 0.6) is 0 Å². The van der Waals surface area contributed by atoms with Crippen molar-refractivity contribution in [3.05, 3.63) is 27.4 Å². The molecule has 17 heavy (non-hydrogen) atoms. The van der Waals surface area contributed by atoms with Gasteiger partial charge in [-0.2, -0.15) is 18.2 Å². The number of nitrogens with zero attached hydrogens (tertiary/aromatic N) is 2. The van der Waals surface area contributed by atoms with Crippen molar-refractivity contribution < 1.29 is 17.6 Å². The smallest absolute Gasteiger partial charge is 0.431 e. The zero-order valence-corrected chi connectivity index (χ0v) is 9.34. The van der Waals surface area contributed by atoms with E-state index in [0.717, 1.165) is 11.5 Å². The van der Waals surface area contributed by atoms with Crippen LogP contribution in [0.1, 0.15) is 17.1 Å². The van der Waals surface area contributed by atoms with Crippen LogP contribution in [0, 0.1) is 13.8 Å². The summed E-state index contributed by atoms with van der Waals surface area (Å²) in [7, 11) is 1.21. The van der Waals surface area contributed by atoms with Crippen molar-refractivity contribution in [3.8, 4) is 0 Å². The summed E-state index contributed by atoms with van der Waals surface area (Å²) in [4.78, 5) is 15.5. The number of pyridine rings is 1. The van der Waals surface area contributed by atoms with Crippen molar-refractivity contribution in [2.24, 2.45) is 7.05 Å². The summed E-state index contributed by atoms with van der Waals surface area (Å²) in [5, 5.41) is 0. The van der Waals surface area contributed by atoms with Crippen LogP contribution in [0.2, 0.25) is 0 Å². The molecule has 0 atom stereocenters. The zero-order valence-electron chi connectivity index (χ0n) is 9.34. The van der Waals surface area contributed by atoms with Crippen LogP contribution < -0.4 is 5.43 Å². The highest BCUT2D eigenvalue weighted by Gasteiger charge is 2.37. The molecule has 92 valence electrons. The van der Waals surface area contributed by atoms with E-state index < -0.39 is 17.3 Å². The number of hydrogen-bond donors (Lipinski definition) is 0. The Labute approximate surface area is 93.7 Å². The summed E-state index contributed by atoms with van der Waals surface area (Å²) in [6.07, 6.45) is -4.60. The Morgan fingerprint density at radius 2 is 1.88 bits per heavy atom. The second-order valence-electron chi connectivity index (χ2n) is 3.75. The molecule has 0 bridgehead atoms. The monoisotopic (exact) mass is 246 g/mol. The SMILES string of the molecule is Cc1nc2c(o1)c(=O)c(C)c(C(F)(F)F)n2C. The van der Waals surface area contributed by atoms with E-state index in [1.54, 1.807) is 0 Å². The number of aromatic nitrogens is 2. The van der Waals surface area contributed by atoms with E-state index in [4.69, 9.17) is 4.42 Å². The largest absolute Gasteiger partial charge is 0.435 e. The molecular formula is C10H9F3N2O2. The van der Waals surface area contributed by atoms with Gasteiger partial charge in [0.15, 0.2) is 11.5 Å². The maximum atomic E-state index is 12.8. The van der Waals surface area contributed by atoms with Gasteiger partial charge < -0.3 is 8.98 Å². The topological polar surface area (TPSA) is 48.0 Å². The Morgan fingerprint density at radius 1 is 1.29 bits per heavy atom. The molecule has 0 fully saturated rings. The average molecular weight is 246 g/mol. The zero-order chi connectivity index (χ0) is 13.0. The summed E-state index contributed by atoms with van der Waals surface area (Å²) in [5.41, 5.74) is -2.39. The molecule has 0 amide bonds. The lowest BCUT2D eigenvalue weighted by Gasteiger charge is -2.14. The van der Waals surface area contributed by atoms with Crippen LogP contribution >= 0.6 is 0 Å². The molecule has 0 aromatic carbocycles. The number of oxazole rings is 1. The van der Waals surface area contributed by atoms with Crippen LogP contribution in [0.15, 0.2) is 9.21 Å². The lowest BCUT2D eigenvalue weighted by molar-refractivity contribution is -0.143. The molecule has 2 aromatic heterocycles. The quantitative estimate of drug-likeness (QED) is 0.715. The molecule has 0 aliphatic rings. The van der Waals surface area contributed by atoms with Gasteiger partial charge in [-0.15, -0.1) is 0 Å². The molecule has 0 spiro atoms. The van der Waals surface area contributed by atoms with Crippen LogP contribution in [0.3, 0.4) is 0 Å². The van der Waals surface area contributed by atoms with E-state index >= 15 is 0 Å². The van der Waals surface area contributed by atoms with Gasteiger partial charge >= 0.3 is 6.18 Å². The fraction of sp³-hybridized carbons (Fsp3) is 0.400. The maximum Gasteiger partial charge on any atom is 0.431 e. The normalized spacial score (nSPS) is 12.4. The van der Waals surface area contributed by atoms with E-state index in [9.17, 15) is 18.0 Å². The highest BCUT2D eigenvalue weighted by atomic mass is 19.4. The second-order valence-corrected chi connectivity index (χ2v) is 3.75. The Bertz CT molecular complexity index is 652. The molecule has 0 radical (unpaired) electrons. The Hall–Kier alpha value is -1.79. The van der Waals surface area contributed by atoms with E-state index in [1.807, 2.05) is 0 Å². The average Bonchev–Trinajstić information content (AvgIpc) is 2.55. The third kappa shape index (κ3) is 1.62. The number of rotatable bonds is 0. The van der Waals surface area contributed by atoms with Gasteiger partial charge in [-0.25, -0.2) is 0 Å². The minimum absolute atomic E-state index is 0.0922. The number of aryl methyl sites for hydroxylation is 2. The molecular weight excluding hydrogens is 237 g/mol. The minimum Gasteiger partial charge on any atom is -0.435 e. The molecule has 0 N–H and O–H groups in total. The highest BCUT2D eigenvalue weighted by Crippen LogP contribution is 2.31. The number of halogens is 3. The van der Waals surface area contributed by atoms with Crippen molar-refractivity contribution >= 4 is 11.2 Å². The van der Waals surface area contributed by atoms with Crippen LogP contribution in [-0.2, 0) is 13.2 Å². The van der Waals surface area contributed by atoms with Crippen molar-refractivity contribution in [2.45, 2.75) is 20.0 Å². The summed E-state index contributed by atoms with van der Waals surface area (Å²) in [5.74, 6) is 0.159. The number of fused-ring (bicyclic) bond motifs is 1. The molecule has 4 nitrogen and oxygen atoms in total. The van der Waals surface area contributed by atoms with Gasteiger partial charge in [-0.3, -0.25) is 4.79 Å². The van der Waals surface area contributed by atoms with E-state index in [0.29, 0.717) is 0 Å². The van der Waals surface area contributed by atoms with Gasteiger partial charge in [0.05, 0.1) is 0 Å². The molecule has 2 rings (SSSR count). The maximum absolute atomic E-state index is 12.8. The van der Waals surface area contributed by atoms with Crippen molar-refractivity contribution in [2.75, 3.05) is 0 Å². The first-order valence-corrected chi connectivity index (χ1v) is 4.77. The Morgan fingerprint density at radius 3 is 2.41 bits per heavy atom. The Balaban J connectivity index is 3.01. The third-order valence-corrected chi connectivity index (χ3v) is 2.54. The minimum atomic E-state index is -4.60. The van der Waals surface area contributed by atoms with Crippen LogP contribution in [0.25, 0.3) is 11.2 Å². The van der Waals surface area contributed by atoms with Gasteiger partial charge in [-0.1, -0.05) is 0 Å². The lowest BCUT2D eigenvalue weighted by atomic mass is 10.2. The predicted molar refractivity (Wildman–Crippen MR) is 53.7 cm³/mol. The standard InChI is InChI=1S/C10H9F3N2O2/c1-4-6(16)7-9(14-5(2)17-7)15(3)8(4)10(11,12)13/h1-3H3. The Kier molecular flexibility index (Phi) is 2.30. The fourth-order valence-corrected chi connectivity index (χ4v) is 1.83. The first-order valence-electron chi connectivity index (χ1n) is 4.77. The highest BCUT2D eigenvalue weighted by molar-refractivity contribution is 5.70. The molecule has 0 saturated carbocycles. The van der Waals surface area contributed by atoms with E-state index in [-0.39, 0.29) is 22.7 Å². The summed E-state index contributed by atoms with van der Waals surface area (Å²) >= 11 is 0. The number of hydrogen-bond acceptors (Lipinski definition) is 3. The van der Waals surface area contributed by atoms with Gasteiger partial charge in [0.1, 0.15) is 5.69 Å². The summed E-state index contributed by atoms with van der Waals surface area (Å²) in [6.45, 7) is 2.60. The molecule has 2 heterocycles. The third-order valence-electron chi connectivity index (χ3n) is 2.54. The first kappa shape index (κ1) is 11.7. The first-order chi connectivity index (χ1) is 7.73. The van der Waals surface area contributed by atoms with Gasteiger partial charge in [-0.05, 0) is 6.92 Å². The van der Waals surface area contributed by atoms with Gasteiger partial charge in [0.2, 0.25) is 11.0 Å². The number of alkyl halides is 3. The summed E-state index contributed by atoms with van der Waals surface area (Å²) in [6, 6.07) is 0. The molecule has 0 unspecified atom stereocenters. The molecule has 0 aliphatic carbocycles. The van der Waals surface area contributed by atoms with Crippen molar-refractivity contribution in [1.29, 1.82) is 0 Å². The van der Waals surface area contributed by atoms with Gasteiger partial charge in [0, 0.05) is 19.5 Å². The predicted octanol–water partition coefficient (Wildman–Crippen LogP) is 2.16. The lowest BCUT2D eigenvalue weighted by Crippen LogP contribution is -2.23. The van der Waals surface area contributed by atoms with E-state index in [2.05, 4.69) is 4.98 Å². The van der Waals surface area contributed by atoms with Crippen LogP contribution in [-0.4, -0.2) is 9.55 Å². The van der Waals surface area contributed by atoms with Gasteiger partial charge in [0.25, 0.3) is 0 Å². The van der Waals surface area contributed by atoms with Crippen LogP contribution in [0.4, 0.5) is 13.2 Å². The molecule has 7 heteroatoms. The molecule has 0 aliphatic heterocycles. The molecule has 0 saturated heterocycles. The fourth-order valence-electron chi connectivity index (χ4n) is 1.83. The second kappa shape index (κ2) is 3.35.